The van der Waals surface area contributed by atoms with Gasteiger partial charge in [-0.3, -0.25) is 43.9 Å². The zero-order chi connectivity index (χ0) is 49.3. The Kier molecular flexibility index (Phi) is 16.4. The van der Waals surface area contributed by atoms with Gasteiger partial charge in [0.2, 0.25) is 17.7 Å². The number of carbonyl (C=O) groups is 6. The van der Waals surface area contributed by atoms with E-state index in [9.17, 15) is 28.8 Å². The van der Waals surface area contributed by atoms with Crippen molar-refractivity contribution in [2.45, 2.75) is 121 Å². The van der Waals surface area contributed by atoms with Gasteiger partial charge < -0.3 is 30.5 Å². The number of amides is 7. The van der Waals surface area contributed by atoms with E-state index in [1.165, 1.54) is 0 Å². The smallest absolute Gasteiger partial charge is 0.317 e. The van der Waals surface area contributed by atoms with E-state index in [0.29, 0.717) is 93.5 Å². The monoisotopic (exact) mass is 966 g/mol. The molecule has 19 heteroatoms. The molecule has 2 fully saturated rings. The number of alkyl halides is 2. The third-order valence-electron chi connectivity index (χ3n) is 14.0. The molecule has 70 heavy (non-hydrogen) atoms. The number of hydrogen-bond donors (Lipinski definition) is 4. The highest BCUT2D eigenvalue weighted by atomic mass is 19.3. The fraction of sp³-hybridized carbons (Fsp3) is 0.529. The molecule has 17 nitrogen and oxygen atoms in total. The first-order valence-electron chi connectivity index (χ1n) is 24.8. The summed E-state index contributed by atoms with van der Waals surface area (Å²) in [5.74, 6) is -1.54. The van der Waals surface area contributed by atoms with E-state index in [1.807, 2.05) is 12.1 Å². The highest BCUT2D eigenvalue weighted by molar-refractivity contribution is 6.25. The van der Waals surface area contributed by atoms with Gasteiger partial charge in [-0.15, -0.1) is 0 Å². The fourth-order valence-electron chi connectivity index (χ4n) is 10.4. The summed E-state index contributed by atoms with van der Waals surface area (Å²) < 4.78 is 38.0. The van der Waals surface area contributed by atoms with Gasteiger partial charge in [0.05, 0.1) is 23.7 Å². The van der Waals surface area contributed by atoms with Crippen LogP contribution in [0.15, 0.2) is 41.4 Å². The number of anilines is 3. The van der Waals surface area contributed by atoms with E-state index in [0.717, 1.165) is 79.5 Å². The number of imide groups is 2. The number of ether oxygens (including phenoxy) is 1. The molecule has 3 aromatic rings. The van der Waals surface area contributed by atoms with Crippen molar-refractivity contribution in [3.63, 3.8) is 0 Å². The third kappa shape index (κ3) is 10.9. The molecule has 2 aromatic carbocycles. The highest BCUT2D eigenvalue weighted by Gasteiger charge is 2.45. The molecular weight excluding hydrogens is 903 g/mol. The number of halogens is 2. The minimum absolute atomic E-state index is 0.0609. The van der Waals surface area contributed by atoms with Crippen LogP contribution in [0.4, 0.5) is 30.8 Å². The van der Waals surface area contributed by atoms with Gasteiger partial charge in [-0.1, -0.05) is 37.8 Å². The van der Waals surface area contributed by atoms with Crippen molar-refractivity contribution in [1.29, 1.82) is 0 Å². The molecule has 1 unspecified atom stereocenters. The quantitative estimate of drug-likeness (QED) is 0.0564. The van der Waals surface area contributed by atoms with E-state index in [-0.39, 0.29) is 53.9 Å². The normalized spacial score (nSPS) is 18.6. The minimum Gasteiger partial charge on any atom is -0.384 e. The van der Waals surface area contributed by atoms with Crippen LogP contribution in [-0.2, 0) is 38.5 Å². The summed E-state index contributed by atoms with van der Waals surface area (Å²) in [6.07, 6.45) is 10.6. The van der Waals surface area contributed by atoms with E-state index in [2.05, 4.69) is 35.8 Å². The van der Waals surface area contributed by atoms with Crippen LogP contribution in [-0.4, -0.2) is 121 Å². The summed E-state index contributed by atoms with van der Waals surface area (Å²) in [4.78, 5) is 85.2. The number of allylic oxidation sites excluding steroid dienone is 2. The first kappa shape index (κ1) is 49.9. The molecule has 1 aromatic heterocycles. The van der Waals surface area contributed by atoms with Crippen LogP contribution < -0.4 is 26.2 Å². The maximum atomic E-state index is 15.1. The number of fused-ring (bicyclic) bond motifs is 3. The SMILES string of the molecule is CN=C/C(=C\CCC(=O)NCCCCCCCCNc1cccc2c1C(=O)N(C1CCC(=O)NC1=O)C2=O)c1cc2c(cc1C(F)F)N(c1nn(C3CCOCC3)c3c1CN(C(=O)NC)CC3)CCC2. The molecule has 0 saturated carbocycles. The summed E-state index contributed by atoms with van der Waals surface area (Å²) in [6, 6.07) is 7.45. The van der Waals surface area contributed by atoms with Crippen molar-refractivity contribution in [3.8, 4) is 0 Å². The summed E-state index contributed by atoms with van der Waals surface area (Å²) in [5, 5.41) is 16.4. The molecule has 0 radical (unpaired) electrons. The second-order valence-corrected chi connectivity index (χ2v) is 18.5. The summed E-state index contributed by atoms with van der Waals surface area (Å²) in [7, 11) is 3.22. The van der Waals surface area contributed by atoms with Crippen LogP contribution in [0.1, 0.15) is 145 Å². The number of nitrogens with zero attached hydrogens (tertiary/aromatic N) is 6. The number of aryl methyl sites for hydroxylation is 1. The number of carbonyl (C=O) groups excluding carboxylic acids is 6. The Morgan fingerprint density at radius 3 is 2.47 bits per heavy atom. The summed E-state index contributed by atoms with van der Waals surface area (Å²) >= 11 is 0. The Balaban J connectivity index is 0.807. The lowest BCUT2D eigenvalue weighted by atomic mass is 9.91. The second-order valence-electron chi connectivity index (χ2n) is 18.5. The van der Waals surface area contributed by atoms with Crippen LogP contribution in [0.3, 0.4) is 0 Å². The lowest BCUT2D eigenvalue weighted by molar-refractivity contribution is -0.136. The minimum atomic E-state index is -2.77. The van der Waals surface area contributed by atoms with Crippen molar-refractivity contribution in [3.05, 3.63) is 75.5 Å². The number of benzene rings is 2. The Hall–Kier alpha value is -6.50. The number of urea groups is 1. The fourth-order valence-corrected chi connectivity index (χ4v) is 10.4. The van der Waals surface area contributed by atoms with Crippen molar-refractivity contribution in [1.82, 2.24) is 35.5 Å². The van der Waals surface area contributed by atoms with Gasteiger partial charge in [-0.25, -0.2) is 13.6 Å². The van der Waals surface area contributed by atoms with E-state index >= 15 is 8.78 Å². The van der Waals surface area contributed by atoms with E-state index in [1.54, 1.807) is 49.5 Å². The predicted octanol–water partition coefficient (Wildman–Crippen LogP) is 6.79. The standard InChI is InChI=1S/C51H64F2N10O7/c1-54-30-33(12-9-16-43(64)57-23-8-6-4-3-5-7-22-56-39-15-10-14-35-45(39)50(68)62(49(35)67)41-17-18-44(65)58-48(41)66)36-28-32-13-11-24-61(42(32)29-37(36)46(52)53)47-38-31-60(51(69)55-2)25-19-40(38)63(59-47)34-20-26-70-27-21-34/h10,12,14-15,28-30,34,41,46,56H,3-9,11,13,16-27,31H2,1-2H3,(H,55,69)(H,57,64)(H,58,65,66)/b33-12+,54-30?. The number of rotatable bonds is 19. The Bertz CT molecular complexity index is 2540. The van der Waals surface area contributed by atoms with E-state index in [4.69, 9.17) is 9.84 Å². The number of nitrogens with one attached hydrogen (secondary N) is 4. The van der Waals surface area contributed by atoms with Crippen LogP contribution in [0.2, 0.25) is 0 Å². The molecule has 7 amide bonds. The largest absolute Gasteiger partial charge is 0.384 e. The number of unbranched alkanes of at least 4 members (excludes halogenated alkanes) is 5. The Labute approximate surface area is 406 Å². The highest BCUT2D eigenvalue weighted by Crippen LogP contribution is 2.43. The van der Waals surface area contributed by atoms with Gasteiger partial charge in [-0.05, 0) is 92.3 Å². The number of piperidine rings is 1. The Morgan fingerprint density at radius 2 is 1.73 bits per heavy atom. The van der Waals surface area contributed by atoms with Gasteiger partial charge in [0.25, 0.3) is 18.2 Å². The van der Waals surface area contributed by atoms with Crippen molar-refractivity contribution >= 4 is 64.5 Å². The lowest BCUT2D eigenvalue weighted by Gasteiger charge is -2.33. The average Bonchev–Trinajstić information content (AvgIpc) is 3.87. The third-order valence-corrected chi connectivity index (χ3v) is 14.0. The molecule has 2 saturated heterocycles. The van der Waals surface area contributed by atoms with Crippen molar-refractivity contribution < 1.29 is 42.3 Å². The number of aliphatic imine (C=N–C) groups is 1. The molecule has 4 N–H and O–H groups in total. The van der Waals surface area contributed by atoms with Crippen LogP contribution in [0, 0.1) is 0 Å². The van der Waals surface area contributed by atoms with Gasteiger partial charge in [0.15, 0.2) is 5.82 Å². The molecule has 0 spiro atoms. The van der Waals surface area contributed by atoms with E-state index < -0.39 is 36.1 Å². The van der Waals surface area contributed by atoms with Gasteiger partial charge in [0.1, 0.15) is 6.04 Å². The first-order valence-corrected chi connectivity index (χ1v) is 24.8. The van der Waals surface area contributed by atoms with Crippen molar-refractivity contribution in [2.75, 3.05) is 63.7 Å². The predicted molar refractivity (Wildman–Crippen MR) is 261 cm³/mol. The molecule has 8 rings (SSSR count). The van der Waals surface area contributed by atoms with Gasteiger partial charge >= 0.3 is 6.03 Å². The number of hydrogen-bond acceptors (Lipinski definition) is 11. The molecule has 0 aliphatic carbocycles. The molecule has 374 valence electrons. The molecule has 5 aliphatic rings. The molecule has 1 atom stereocenters. The van der Waals surface area contributed by atoms with Gasteiger partial charge in [-0.2, -0.15) is 5.10 Å². The maximum Gasteiger partial charge on any atom is 0.317 e. The lowest BCUT2D eigenvalue weighted by Crippen LogP contribution is -2.54. The topological polar surface area (TPSA) is 200 Å². The average molecular weight is 967 g/mol. The maximum absolute atomic E-state index is 15.1. The van der Waals surface area contributed by atoms with Crippen molar-refractivity contribution in [2.24, 2.45) is 4.99 Å². The van der Waals surface area contributed by atoms with Crippen LogP contribution in [0.5, 0.6) is 0 Å². The molecule has 5 aliphatic heterocycles. The molecule has 6 heterocycles. The molecular formula is C51H64F2N10O7. The zero-order valence-corrected chi connectivity index (χ0v) is 40.1. The summed E-state index contributed by atoms with van der Waals surface area (Å²) in [6.45, 7) is 3.96. The van der Waals surface area contributed by atoms with Crippen LogP contribution in [0.25, 0.3) is 5.57 Å². The first-order chi connectivity index (χ1) is 34.0. The molecule has 0 bridgehead atoms. The Morgan fingerprint density at radius 1 is 0.957 bits per heavy atom. The van der Waals surface area contributed by atoms with Crippen LogP contribution >= 0.6 is 0 Å². The number of aromatic nitrogens is 2. The summed E-state index contributed by atoms with van der Waals surface area (Å²) in [5.41, 5.74) is 5.51. The second kappa shape index (κ2) is 22.9. The van der Waals surface area contributed by atoms with Gasteiger partial charge in [0, 0.05) is 107 Å². The zero-order valence-electron chi connectivity index (χ0n) is 40.1.